The molecule has 11 rings (SSSR count). The molecular weight excluding hydrogens is 685 g/mol. The molecule has 56 heavy (non-hydrogen) atoms. The number of rotatable bonds is 6. The lowest BCUT2D eigenvalue weighted by atomic mass is 10.0. The number of allylic oxidation sites excluding steroid dienone is 5. The zero-order valence-corrected chi connectivity index (χ0v) is 30.6. The number of hydrogen-bond acceptors (Lipinski definition) is 3. The number of hydrogen-bond donors (Lipinski definition) is 0. The first kappa shape index (κ1) is 32.0. The second kappa shape index (κ2) is 12.5. The van der Waals surface area contributed by atoms with Gasteiger partial charge < -0.3 is 13.6 Å². The maximum Gasteiger partial charge on any atom is 0.161 e. The lowest BCUT2D eigenvalue weighted by molar-refractivity contribution is 0.668. The fraction of sp³-hybridized carbons (Fsp3) is 0.0196. The van der Waals surface area contributed by atoms with Gasteiger partial charge >= 0.3 is 0 Å². The van der Waals surface area contributed by atoms with E-state index in [2.05, 4.69) is 162 Å². The average molecular weight is 719 g/mol. The molecule has 264 valence electrons. The van der Waals surface area contributed by atoms with E-state index >= 15 is 0 Å². The van der Waals surface area contributed by atoms with Crippen molar-refractivity contribution in [1.29, 1.82) is 0 Å². The molecule has 0 fully saturated rings. The largest absolute Gasteiger partial charge is 0.456 e. The van der Waals surface area contributed by atoms with Crippen LogP contribution in [0.1, 0.15) is 6.92 Å². The highest BCUT2D eigenvalue weighted by Crippen LogP contribution is 2.42. The highest BCUT2D eigenvalue weighted by atomic mass is 16.3. The molecule has 0 saturated heterocycles. The van der Waals surface area contributed by atoms with E-state index in [0.29, 0.717) is 5.82 Å². The zero-order valence-electron chi connectivity index (χ0n) is 30.6. The van der Waals surface area contributed by atoms with Crippen molar-refractivity contribution in [3.8, 4) is 28.3 Å². The Hall–Kier alpha value is -7.50. The van der Waals surface area contributed by atoms with Gasteiger partial charge in [0.15, 0.2) is 5.82 Å². The topological polar surface area (TPSA) is 48.8 Å². The molecule has 11 aromatic rings. The van der Waals surface area contributed by atoms with Crippen LogP contribution >= 0.6 is 0 Å². The third-order valence-electron chi connectivity index (χ3n) is 11.0. The second-order valence-corrected chi connectivity index (χ2v) is 14.2. The molecule has 0 amide bonds. The van der Waals surface area contributed by atoms with Gasteiger partial charge in [0.25, 0.3) is 0 Å². The monoisotopic (exact) mass is 718 g/mol. The first-order valence-electron chi connectivity index (χ1n) is 18.9. The molecule has 0 bridgehead atoms. The van der Waals surface area contributed by atoms with E-state index in [1.54, 1.807) is 0 Å². The molecule has 5 heteroatoms. The molecule has 7 aromatic carbocycles. The van der Waals surface area contributed by atoms with Crippen LogP contribution in [0.3, 0.4) is 0 Å². The van der Waals surface area contributed by atoms with E-state index in [9.17, 15) is 0 Å². The standard InChI is InChI=1S/C51H34N4O/c1-3-15-33(16-4-2)54-43-24-12-9-19-35(43)40-31-46-41(30-45(40)54)36-20-10-13-25-44(36)55(46)34-27-28-38-48(29-34)56-47-26-14-22-39(49(38)47)51-52-42-23-11-8-21-37(42)50(53-51)32-17-6-5-7-18-32/h3-31H,1H2,2H3/b16-4-,33-15+. The van der Waals surface area contributed by atoms with Crippen molar-refractivity contribution in [3.05, 3.63) is 183 Å². The van der Waals surface area contributed by atoms with Crippen molar-refractivity contribution in [3.63, 3.8) is 0 Å². The molecule has 0 spiro atoms. The lowest BCUT2D eigenvalue weighted by Gasteiger charge is -2.10. The van der Waals surface area contributed by atoms with Crippen molar-refractivity contribution < 1.29 is 4.42 Å². The summed E-state index contributed by atoms with van der Waals surface area (Å²) in [5.74, 6) is 0.672. The Morgan fingerprint density at radius 1 is 0.589 bits per heavy atom. The summed E-state index contributed by atoms with van der Waals surface area (Å²) >= 11 is 0. The molecule has 0 N–H and O–H groups in total. The van der Waals surface area contributed by atoms with E-state index in [1.165, 1.54) is 21.5 Å². The number of benzene rings is 7. The van der Waals surface area contributed by atoms with Gasteiger partial charge in [-0.2, -0.15) is 0 Å². The van der Waals surface area contributed by atoms with Crippen molar-refractivity contribution in [2.24, 2.45) is 0 Å². The Bertz CT molecular complexity index is 3450. The fourth-order valence-corrected chi connectivity index (χ4v) is 8.64. The predicted molar refractivity (Wildman–Crippen MR) is 234 cm³/mol. The number of aromatic nitrogens is 4. The summed E-state index contributed by atoms with van der Waals surface area (Å²) in [4.78, 5) is 10.3. The Balaban J connectivity index is 1.14. The zero-order chi connectivity index (χ0) is 37.3. The van der Waals surface area contributed by atoms with Crippen LogP contribution in [0.4, 0.5) is 0 Å². The molecule has 0 saturated carbocycles. The maximum atomic E-state index is 6.69. The van der Waals surface area contributed by atoms with Crippen LogP contribution < -0.4 is 0 Å². The SMILES string of the molecule is C=C/C=C(\C=C/C)n1c2ccccc2c2cc3c(cc21)c1ccccc1n3-c1ccc2c(c1)oc1cccc(-c3nc(-c4ccccc4)c4ccccc4n3)c12. The van der Waals surface area contributed by atoms with E-state index in [4.69, 9.17) is 14.4 Å². The molecule has 0 unspecified atom stereocenters. The van der Waals surface area contributed by atoms with Crippen LogP contribution in [0.5, 0.6) is 0 Å². The Morgan fingerprint density at radius 3 is 2.12 bits per heavy atom. The number of nitrogens with zero attached hydrogens (tertiary/aromatic N) is 4. The summed E-state index contributed by atoms with van der Waals surface area (Å²) in [6.45, 7) is 6.07. The lowest BCUT2D eigenvalue weighted by Crippen LogP contribution is -1.96. The quantitative estimate of drug-likeness (QED) is 0.161. The van der Waals surface area contributed by atoms with Crippen LogP contribution in [0, 0.1) is 0 Å². The van der Waals surface area contributed by atoms with Gasteiger partial charge in [-0.1, -0.05) is 116 Å². The van der Waals surface area contributed by atoms with Gasteiger partial charge in [0.1, 0.15) is 11.2 Å². The number of furan rings is 1. The van der Waals surface area contributed by atoms with E-state index in [0.717, 1.165) is 83.1 Å². The summed E-state index contributed by atoms with van der Waals surface area (Å²) < 4.78 is 11.4. The van der Waals surface area contributed by atoms with Gasteiger partial charge in [-0.3, -0.25) is 0 Å². The second-order valence-electron chi connectivity index (χ2n) is 14.2. The van der Waals surface area contributed by atoms with Crippen LogP contribution in [-0.2, 0) is 0 Å². The summed E-state index contributed by atoms with van der Waals surface area (Å²) in [5, 5.41) is 7.82. The molecule has 0 aliphatic carbocycles. The molecule has 0 aliphatic heterocycles. The third-order valence-corrected chi connectivity index (χ3v) is 11.0. The minimum Gasteiger partial charge on any atom is -0.456 e. The average Bonchev–Trinajstić information content (AvgIpc) is 3.89. The Morgan fingerprint density at radius 2 is 1.30 bits per heavy atom. The first-order valence-corrected chi connectivity index (χ1v) is 18.9. The fourth-order valence-electron chi connectivity index (χ4n) is 8.64. The van der Waals surface area contributed by atoms with Crippen molar-refractivity contribution in [2.75, 3.05) is 0 Å². The number of para-hydroxylation sites is 3. The van der Waals surface area contributed by atoms with E-state index < -0.39 is 0 Å². The summed E-state index contributed by atoms with van der Waals surface area (Å²) in [6, 6.07) is 53.3. The van der Waals surface area contributed by atoms with E-state index in [1.807, 2.05) is 36.4 Å². The molecule has 0 radical (unpaired) electrons. The smallest absolute Gasteiger partial charge is 0.161 e. The van der Waals surface area contributed by atoms with Gasteiger partial charge in [0, 0.05) is 66.3 Å². The van der Waals surface area contributed by atoms with Gasteiger partial charge in [0.05, 0.1) is 33.3 Å². The third kappa shape index (κ3) is 4.74. The Kier molecular flexibility index (Phi) is 7.16. The number of fused-ring (bicyclic) bond motifs is 10. The van der Waals surface area contributed by atoms with Gasteiger partial charge in [-0.15, -0.1) is 0 Å². The van der Waals surface area contributed by atoms with Crippen LogP contribution in [-0.4, -0.2) is 19.1 Å². The predicted octanol–water partition coefficient (Wildman–Crippen LogP) is 13.7. The van der Waals surface area contributed by atoms with E-state index in [-0.39, 0.29) is 0 Å². The summed E-state index contributed by atoms with van der Waals surface area (Å²) in [5.41, 5.74) is 12.1. The maximum absolute atomic E-state index is 6.69. The van der Waals surface area contributed by atoms with Crippen LogP contribution in [0.2, 0.25) is 0 Å². The Labute approximate surface area is 322 Å². The van der Waals surface area contributed by atoms with Crippen molar-refractivity contribution in [2.45, 2.75) is 6.92 Å². The van der Waals surface area contributed by atoms with Gasteiger partial charge in [0.2, 0.25) is 0 Å². The molecular formula is C51H34N4O. The van der Waals surface area contributed by atoms with Crippen molar-refractivity contribution >= 4 is 82.2 Å². The molecule has 5 nitrogen and oxygen atoms in total. The highest BCUT2D eigenvalue weighted by molar-refractivity contribution is 6.20. The minimum atomic E-state index is 0.672. The summed E-state index contributed by atoms with van der Waals surface area (Å²) in [6.07, 6.45) is 8.15. The minimum absolute atomic E-state index is 0.672. The van der Waals surface area contributed by atoms with Gasteiger partial charge in [-0.05, 0) is 67.6 Å². The molecule has 0 atom stereocenters. The highest BCUT2D eigenvalue weighted by Gasteiger charge is 2.21. The van der Waals surface area contributed by atoms with Crippen LogP contribution in [0.25, 0.3) is 110 Å². The molecule has 4 aromatic heterocycles. The van der Waals surface area contributed by atoms with Crippen molar-refractivity contribution in [1.82, 2.24) is 19.1 Å². The molecule has 0 aliphatic rings. The van der Waals surface area contributed by atoms with Gasteiger partial charge in [-0.25, -0.2) is 9.97 Å². The first-order chi connectivity index (χ1) is 27.7. The summed E-state index contributed by atoms with van der Waals surface area (Å²) in [7, 11) is 0. The van der Waals surface area contributed by atoms with Crippen LogP contribution in [0.15, 0.2) is 187 Å². The molecule has 4 heterocycles. The normalized spacial score (nSPS) is 12.5.